The number of nitrogens with one attached hydrogen (secondary N) is 3. The van der Waals surface area contributed by atoms with E-state index in [1.807, 2.05) is 13.8 Å². The van der Waals surface area contributed by atoms with Gasteiger partial charge in [-0.05, 0) is 44.2 Å². The monoisotopic (exact) mass is 359 g/mol. The van der Waals surface area contributed by atoms with Gasteiger partial charge in [0.15, 0.2) is 0 Å². The molecule has 138 valence electrons. The number of amides is 3. The quantitative estimate of drug-likeness (QED) is 0.665. The van der Waals surface area contributed by atoms with Crippen molar-refractivity contribution in [3.05, 3.63) is 59.9 Å². The highest BCUT2D eigenvalue weighted by Crippen LogP contribution is 2.12. The van der Waals surface area contributed by atoms with Crippen LogP contribution in [0.1, 0.15) is 24.2 Å². The maximum Gasteiger partial charge on any atom is 0.319 e. The largest absolute Gasteiger partial charge is 0.492 e. The van der Waals surface area contributed by atoms with Crippen LogP contribution in [0.4, 0.5) is 14.9 Å². The number of benzene rings is 2. The lowest BCUT2D eigenvalue weighted by atomic mass is 10.2. The molecular weight excluding hydrogens is 337 g/mol. The minimum absolute atomic E-state index is 0.0135. The average Bonchev–Trinajstić information content (AvgIpc) is 2.58. The van der Waals surface area contributed by atoms with Crippen molar-refractivity contribution in [2.24, 2.45) is 0 Å². The third-order valence-electron chi connectivity index (χ3n) is 3.25. The second-order valence-corrected chi connectivity index (χ2v) is 5.90. The number of halogens is 1. The predicted octanol–water partition coefficient (Wildman–Crippen LogP) is 3.16. The number of urea groups is 1. The summed E-state index contributed by atoms with van der Waals surface area (Å²) in [6, 6.07) is 12.1. The molecule has 0 saturated carbocycles. The van der Waals surface area contributed by atoms with E-state index >= 15 is 0 Å². The lowest BCUT2D eigenvalue weighted by molar-refractivity contribution is 0.0947. The van der Waals surface area contributed by atoms with Crippen LogP contribution in [0.15, 0.2) is 48.5 Å². The van der Waals surface area contributed by atoms with Crippen LogP contribution in [-0.2, 0) is 0 Å². The Bertz CT molecular complexity index is 765. The van der Waals surface area contributed by atoms with Gasteiger partial charge < -0.3 is 20.7 Å². The maximum absolute atomic E-state index is 13.0. The van der Waals surface area contributed by atoms with Gasteiger partial charge in [-0.1, -0.05) is 12.1 Å². The van der Waals surface area contributed by atoms with Crippen molar-refractivity contribution >= 4 is 17.6 Å². The van der Waals surface area contributed by atoms with Gasteiger partial charge in [0, 0.05) is 23.4 Å². The highest BCUT2D eigenvalue weighted by Gasteiger charge is 2.08. The van der Waals surface area contributed by atoms with E-state index in [-0.39, 0.29) is 36.9 Å². The molecule has 2 aromatic carbocycles. The molecule has 0 spiro atoms. The summed E-state index contributed by atoms with van der Waals surface area (Å²) in [6.07, 6.45) is 0. The zero-order valence-corrected chi connectivity index (χ0v) is 14.7. The van der Waals surface area contributed by atoms with Gasteiger partial charge >= 0.3 is 6.03 Å². The Morgan fingerprint density at radius 1 is 1.12 bits per heavy atom. The van der Waals surface area contributed by atoms with Gasteiger partial charge in [-0.2, -0.15) is 0 Å². The van der Waals surface area contributed by atoms with E-state index in [2.05, 4.69) is 16.0 Å². The van der Waals surface area contributed by atoms with Crippen LogP contribution in [0, 0.1) is 5.82 Å². The molecule has 0 fully saturated rings. The molecule has 2 aromatic rings. The number of ether oxygens (including phenoxy) is 1. The number of hydrogen-bond acceptors (Lipinski definition) is 3. The van der Waals surface area contributed by atoms with E-state index in [0.717, 1.165) is 0 Å². The van der Waals surface area contributed by atoms with E-state index < -0.39 is 0 Å². The van der Waals surface area contributed by atoms with Gasteiger partial charge in [0.05, 0.1) is 6.54 Å². The molecule has 0 aliphatic heterocycles. The van der Waals surface area contributed by atoms with Gasteiger partial charge in [-0.25, -0.2) is 9.18 Å². The van der Waals surface area contributed by atoms with Crippen LogP contribution < -0.4 is 20.7 Å². The lowest BCUT2D eigenvalue weighted by Crippen LogP contribution is -2.34. The third-order valence-corrected chi connectivity index (χ3v) is 3.25. The van der Waals surface area contributed by atoms with Crippen molar-refractivity contribution < 1.29 is 18.7 Å². The summed E-state index contributed by atoms with van der Waals surface area (Å²) >= 11 is 0. The average molecular weight is 359 g/mol. The fourth-order valence-corrected chi connectivity index (χ4v) is 2.16. The second kappa shape index (κ2) is 9.41. The normalized spacial score (nSPS) is 10.3. The van der Waals surface area contributed by atoms with Gasteiger partial charge in [-0.3, -0.25) is 4.79 Å². The Labute approximate surface area is 151 Å². The van der Waals surface area contributed by atoms with E-state index in [1.165, 1.54) is 12.1 Å². The molecule has 0 saturated heterocycles. The highest BCUT2D eigenvalue weighted by molar-refractivity contribution is 5.96. The van der Waals surface area contributed by atoms with Crippen molar-refractivity contribution in [1.29, 1.82) is 0 Å². The predicted molar refractivity (Wildman–Crippen MR) is 98.0 cm³/mol. The van der Waals surface area contributed by atoms with Crippen molar-refractivity contribution in [2.45, 2.75) is 19.9 Å². The third kappa shape index (κ3) is 6.43. The summed E-state index contributed by atoms with van der Waals surface area (Å²) in [5.74, 6) is -0.264. The Hall–Kier alpha value is -3.09. The first-order chi connectivity index (χ1) is 12.4. The van der Waals surface area contributed by atoms with Crippen molar-refractivity contribution in [3.8, 4) is 5.75 Å². The summed E-state index contributed by atoms with van der Waals surface area (Å²) in [7, 11) is 0. The molecule has 0 aromatic heterocycles. The fraction of sp³-hybridized carbons (Fsp3) is 0.263. The molecule has 7 heteroatoms. The molecule has 3 amide bonds. The van der Waals surface area contributed by atoms with E-state index in [0.29, 0.717) is 17.0 Å². The van der Waals surface area contributed by atoms with Crippen molar-refractivity contribution in [3.63, 3.8) is 0 Å². The van der Waals surface area contributed by atoms with Gasteiger partial charge in [0.2, 0.25) is 0 Å². The first kappa shape index (κ1) is 19.2. The standard InChI is InChI=1S/C19H22FN3O3/c1-13(2)22-19(25)23-16-7-3-5-14(11-16)18(24)21-9-10-26-17-8-4-6-15(20)12-17/h3-8,11-13H,9-10H2,1-2H3,(H,21,24)(H2,22,23,25). The summed E-state index contributed by atoms with van der Waals surface area (Å²) in [6.45, 7) is 4.19. The number of hydrogen-bond donors (Lipinski definition) is 3. The number of carbonyl (C=O) groups is 2. The summed E-state index contributed by atoms with van der Waals surface area (Å²) in [4.78, 5) is 23.9. The fourth-order valence-electron chi connectivity index (χ4n) is 2.16. The minimum Gasteiger partial charge on any atom is -0.492 e. The van der Waals surface area contributed by atoms with Crippen LogP contribution in [-0.4, -0.2) is 31.1 Å². The Morgan fingerprint density at radius 2 is 1.88 bits per heavy atom. The molecule has 0 bridgehead atoms. The molecule has 0 aliphatic rings. The van der Waals surface area contributed by atoms with Crippen molar-refractivity contribution in [1.82, 2.24) is 10.6 Å². The Balaban J connectivity index is 1.81. The van der Waals surface area contributed by atoms with Gasteiger partial charge in [0.1, 0.15) is 18.2 Å². The Kier molecular flexibility index (Phi) is 6.96. The molecule has 6 nitrogen and oxygen atoms in total. The zero-order chi connectivity index (χ0) is 18.9. The van der Waals surface area contributed by atoms with Crippen LogP contribution in [0.5, 0.6) is 5.75 Å². The summed E-state index contributed by atoms with van der Waals surface area (Å²) in [5, 5.41) is 8.09. The SMILES string of the molecule is CC(C)NC(=O)Nc1cccc(C(=O)NCCOc2cccc(F)c2)c1. The van der Waals surface area contributed by atoms with Crippen molar-refractivity contribution in [2.75, 3.05) is 18.5 Å². The van der Waals surface area contributed by atoms with Crippen LogP contribution in [0.3, 0.4) is 0 Å². The molecule has 0 aliphatic carbocycles. The molecule has 0 unspecified atom stereocenters. The maximum atomic E-state index is 13.0. The van der Waals surface area contributed by atoms with Crippen LogP contribution in [0.25, 0.3) is 0 Å². The van der Waals surface area contributed by atoms with Gasteiger partial charge in [-0.15, -0.1) is 0 Å². The van der Waals surface area contributed by atoms with Crippen LogP contribution >= 0.6 is 0 Å². The van der Waals surface area contributed by atoms with Gasteiger partial charge in [0.25, 0.3) is 5.91 Å². The molecular formula is C19H22FN3O3. The second-order valence-electron chi connectivity index (χ2n) is 5.90. The molecule has 26 heavy (non-hydrogen) atoms. The molecule has 0 atom stereocenters. The number of rotatable bonds is 7. The smallest absolute Gasteiger partial charge is 0.319 e. The summed E-state index contributed by atoms with van der Waals surface area (Å²) < 4.78 is 18.4. The number of anilines is 1. The van der Waals surface area contributed by atoms with E-state index in [1.54, 1.807) is 36.4 Å². The Morgan fingerprint density at radius 3 is 2.62 bits per heavy atom. The molecule has 0 radical (unpaired) electrons. The first-order valence-electron chi connectivity index (χ1n) is 8.28. The van der Waals surface area contributed by atoms with Crippen LogP contribution in [0.2, 0.25) is 0 Å². The summed E-state index contributed by atoms with van der Waals surface area (Å²) in [5.41, 5.74) is 0.935. The molecule has 3 N–H and O–H groups in total. The zero-order valence-electron chi connectivity index (χ0n) is 14.7. The first-order valence-corrected chi connectivity index (χ1v) is 8.28. The topological polar surface area (TPSA) is 79.5 Å². The number of carbonyl (C=O) groups excluding carboxylic acids is 2. The highest BCUT2D eigenvalue weighted by atomic mass is 19.1. The van der Waals surface area contributed by atoms with E-state index in [4.69, 9.17) is 4.74 Å². The minimum atomic E-state index is -0.377. The van der Waals surface area contributed by atoms with E-state index in [9.17, 15) is 14.0 Å². The lowest BCUT2D eigenvalue weighted by Gasteiger charge is -2.11. The molecule has 0 heterocycles. The molecule has 2 rings (SSSR count).